The number of piperidine rings is 1. The summed E-state index contributed by atoms with van der Waals surface area (Å²) in [5.74, 6) is -2.02. The molecular formula is C14H14ClN3O4. The van der Waals surface area contributed by atoms with Crippen LogP contribution in [0.2, 0.25) is 0 Å². The van der Waals surface area contributed by atoms with Gasteiger partial charge in [-0.25, -0.2) is 0 Å². The van der Waals surface area contributed by atoms with Crippen LogP contribution in [0.5, 0.6) is 0 Å². The van der Waals surface area contributed by atoms with Crippen molar-refractivity contribution < 1.29 is 19.2 Å². The zero-order valence-corrected chi connectivity index (χ0v) is 12.3. The summed E-state index contributed by atoms with van der Waals surface area (Å²) in [5, 5.41) is 2.15. The van der Waals surface area contributed by atoms with E-state index in [1.165, 1.54) is 0 Å². The Morgan fingerprint density at radius 3 is 2.45 bits per heavy atom. The van der Waals surface area contributed by atoms with Crippen molar-refractivity contribution in [2.24, 2.45) is 5.73 Å². The number of halogens is 1. The van der Waals surface area contributed by atoms with Crippen molar-refractivity contribution in [1.82, 2.24) is 10.2 Å². The average molecular weight is 324 g/mol. The molecule has 3 rings (SSSR count). The molecule has 116 valence electrons. The predicted octanol–water partition coefficient (Wildman–Crippen LogP) is -0.0317. The van der Waals surface area contributed by atoms with E-state index in [9.17, 15) is 19.2 Å². The van der Waals surface area contributed by atoms with E-state index in [1.54, 1.807) is 18.2 Å². The van der Waals surface area contributed by atoms with Crippen molar-refractivity contribution in [2.45, 2.75) is 25.4 Å². The lowest BCUT2D eigenvalue weighted by atomic mass is 10.0. The highest BCUT2D eigenvalue weighted by Crippen LogP contribution is 2.28. The molecule has 1 fully saturated rings. The quantitative estimate of drug-likeness (QED) is 0.743. The molecule has 0 bridgehead atoms. The predicted molar refractivity (Wildman–Crippen MR) is 78.3 cm³/mol. The van der Waals surface area contributed by atoms with Crippen LogP contribution in [0.25, 0.3) is 0 Å². The van der Waals surface area contributed by atoms with Crippen LogP contribution in [-0.4, -0.2) is 34.6 Å². The number of carbonyl (C=O) groups excluding carboxylic acids is 4. The van der Waals surface area contributed by atoms with Gasteiger partial charge in [-0.1, -0.05) is 6.07 Å². The molecule has 0 spiro atoms. The Labute approximate surface area is 132 Å². The van der Waals surface area contributed by atoms with Gasteiger partial charge in [-0.3, -0.25) is 29.4 Å². The lowest BCUT2D eigenvalue weighted by Crippen LogP contribution is -2.54. The smallest absolute Gasteiger partial charge is 0.262 e. The first-order valence-electron chi connectivity index (χ1n) is 6.57. The first-order valence-corrected chi connectivity index (χ1v) is 6.57. The third-order valence-electron chi connectivity index (χ3n) is 3.74. The van der Waals surface area contributed by atoms with Crippen LogP contribution < -0.4 is 11.1 Å². The van der Waals surface area contributed by atoms with Crippen molar-refractivity contribution in [3.05, 3.63) is 34.9 Å². The van der Waals surface area contributed by atoms with E-state index in [0.717, 1.165) is 10.5 Å². The van der Waals surface area contributed by atoms with Crippen LogP contribution in [-0.2, 0) is 16.1 Å². The van der Waals surface area contributed by atoms with E-state index < -0.39 is 29.7 Å². The maximum atomic E-state index is 12.4. The van der Waals surface area contributed by atoms with Crippen LogP contribution in [0.3, 0.4) is 0 Å². The molecule has 1 aromatic rings. The van der Waals surface area contributed by atoms with Crippen LogP contribution in [0.1, 0.15) is 39.1 Å². The maximum Gasteiger partial charge on any atom is 0.262 e. The molecule has 0 aliphatic carbocycles. The van der Waals surface area contributed by atoms with Crippen molar-refractivity contribution in [1.29, 1.82) is 0 Å². The van der Waals surface area contributed by atoms with E-state index in [2.05, 4.69) is 5.32 Å². The van der Waals surface area contributed by atoms with Gasteiger partial charge in [0.15, 0.2) is 0 Å². The lowest BCUT2D eigenvalue weighted by Gasteiger charge is -2.27. The van der Waals surface area contributed by atoms with E-state index in [-0.39, 0.29) is 42.9 Å². The number of carbonyl (C=O) groups is 4. The normalized spacial score (nSPS) is 20.6. The van der Waals surface area contributed by atoms with Crippen LogP contribution in [0.4, 0.5) is 0 Å². The summed E-state index contributed by atoms with van der Waals surface area (Å²) in [7, 11) is 0. The molecule has 8 heteroatoms. The summed E-state index contributed by atoms with van der Waals surface area (Å²) in [6.07, 6.45) is 0.262. The van der Waals surface area contributed by atoms with Crippen molar-refractivity contribution in [2.75, 3.05) is 0 Å². The number of rotatable bonds is 2. The number of imide groups is 2. The molecule has 2 aliphatic heterocycles. The van der Waals surface area contributed by atoms with Crippen molar-refractivity contribution >= 4 is 36.0 Å². The van der Waals surface area contributed by atoms with Crippen molar-refractivity contribution in [3.8, 4) is 0 Å². The number of nitrogens with one attached hydrogen (secondary N) is 1. The summed E-state index contributed by atoms with van der Waals surface area (Å²) in [6, 6.07) is 3.86. The molecule has 0 saturated carbocycles. The molecule has 3 N–H and O–H groups in total. The maximum absolute atomic E-state index is 12.4. The zero-order valence-electron chi connectivity index (χ0n) is 11.5. The summed E-state index contributed by atoms with van der Waals surface area (Å²) < 4.78 is 0. The fourth-order valence-electron chi connectivity index (χ4n) is 2.65. The van der Waals surface area contributed by atoms with E-state index >= 15 is 0 Å². The molecular weight excluding hydrogens is 310 g/mol. The molecule has 22 heavy (non-hydrogen) atoms. The average Bonchev–Trinajstić information content (AvgIpc) is 2.71. The number of hydrogen-bond acceptors (Lipinski definition) is 5. The first-order chi connectivity index (χ1) is 10.0. The second kappa shape index (κ2) is 5.86. The lowest BCUT2D eigenvalue weighted by molar-refractivity contribution is -0.136. The van der Waals surface area contributed by atoms with Gasteiger partial charge in [0.2, 0.25) is 11.8 Å². The number of amides is 4. The Hall–Kier alpha value is -2.25. The van der Waals surface area contributed by atoms with Gasteiger partial charge in [0.05, 0.1) is 11.1 Å². The van der Waals surface area contributed by atoms with Gasteiger partial charge in [-0.2, -0.15) is 0 Å². The molecule has 1 atom stereocenters. The van der Waals surface area contributed by atoms with Gasteiger partial charge in [0, 0.05) is 13.0 Å². The number of nitrogens with zero attached hydrogens (tertiary/aromatic N) is 1. The number of nitrogens with two attached hydrogens (primary N) is 1. The Balaban J connectivity index is 0.00000176. The summed E-state index contributed by atoms with van der Waals surface area (Å²) in [6.45, 7) is 0.257. The second-order valence-electron chi connectivity index (χ2n) is 5.03. The van der Waals surface area contributed by atoms with Gasteiger partial charge in [0.1, 0.15) is 6.04 Å². The molecule has 1 aromatic carbocycles. The minimum atomic E-state index is -0.934. The highest BCUT2D eigenvalue weighted by atomic mass is 35.5. The minimum Gasteiger partial charge on any atom is -0.326 e. The summed E-state index contributed by atoms with van der Waals surface area (Å²) in [5.41, 5.74) is 6.79. The van der Waals surface area contributed by atoms with Crippen LogP contribution in [0, 0.1) is 0 Å². The number of hydrogen-bond donors (Lipinski definition) is 2. The van der Waals surface area contributed by atoms with Gasteiger partial charge in [0.25, 0.3) is 11.8 Å². The monoisotopic (exact) mass is 323 g/mol. The molecule has 1 unspecified atom stereocenters. The van der Waals surface area contributed by atoms with Crippen LogP contribution in [0.15, 0.2) is 18.2 Å². The summed E-state index contributed by atoms with van der Waals surface area (Å²) >= 11 is 0. The van der Waals surface area contributed by atoms with Crippen LogP contribution >= 0.6 is 12.4 Å². The second-order valence-corrected chi connectivity index (χ2v) is 5.03. The fraction of sp³-hybridized carbons (Fsp3) is 0.286. The topological polar surface area (TPSA) is 110 Å². The van der Waals surface area contributed by atoms with E-state index in [4.69, 9.17) is 5.73 Å². The standard InChI is InChI=1S/C14H13N3O4.ClH/c15-6-7-1-2-8-9(5-7)14(21)17(13(8)20)10-3-4-11(18)16-12(10)19;/h1-2,5,10H,3-4,6,15H2,(H,16,18,19);1H. The van der Waals surface area contributed by atoms with Gasteiger partial charge < -0.3 is 5.73 Å². The highest BCUT2D eigenvalue weighted by molar-refractivity contribution is 6.23. The molecule has 2 heterocycles. The Morgan fingerprint density at radius 1 is 1.14 bits per heavy atom. The molecule has 2 aliphatic rings. The van der Waals surface area contributed by atoms with Gasteiger partial charge in [-0.05, 0) is 24.1 Å². The molecule has 4 amide bonds. The third kappa shape index (κ3) is 2.38. The molecule has 7 nitrogen and oxygen atoms in total. The largest absolute Gasteiger partial charge is 0.326 e. The molecule has 0 radical (unpaired) electrons. The Morgan fingerprint density at radius 2 is 1.82 bits per heavy atom. The SMILES string of the molecule is Cl.NCc1ccc2c(c1)C(=O)N(C1CCC(=O)NC1=O)C2=O. The summed E-state index contributed by atoms with van der Waals surface area (Å²) in [4.78, 5) is 48.7. The third-order valence-corrected chi connectivity index (χ3v) is 3.74. The zero-order chi connectivity index (χ0) is 15.1. The van der Waals surface area contributed by atoms with Crippen molar-refractivity contribution in [3.63, 3.8) is 0 Å². The first kappa shape index (κ1) is 16.1. The highest BCUT2D eigenvalue weighted by Gasteiger charge is 2.44. The molecule has 0 aromatic heterocycles. The van der Waals surface area contributed by atoms with E-state index in [0.29, 0.717) is 0 Å². The van der Waals surface area contributed by atoms with Gasteiger partial charge >= 0.3 is 0 Å². The molecule has 1 saturated heterocycles. The number of fused-ring (bicyclic) bond motifs is 1. The number of benzene rings is 1. The van der Waals surface area contributed by atoms with Gasteiger partial charge in [-0.15, -0.1) is 12.4 Å². The van der Waals surface area contributed by atoms with E-state index in [1.807, 2.05) is 0 Å². The fourth-order valence-corrected chi connectivity index (χ4v) is 2.65. The Bertz CT molecular complexity index is 689. The minimum absolute atomic E-state index is 0. The Kier molecular flexibility index (Phi) is 4.30.